The second-order valence-corrected chi connectivity index (χ2v) is 7.51. The van der Waals surface area contributed by atoms with Crippen LogP contribution in [-0.2, 0) is 6.42 Å². The fourth-order valence-corrected chi connectivity index (χ4v) is 4.22. The van der Waals surface area contributed by atoms with E-state index < -0.39 is 0 Å². The maximum absolute atomic E-state index is 2.34. The third kappa shape index (κ3) is 2.97. The van der Waals surface area contributed by atoms with Crippen molar-refractivity contribution in [3.8, 4) is 11.1 Å². The maximum Gasteiger partial charge on any atom is -0.00132 e. The summed E-state index contributed by atoms with van der Waals surface area (Å²) < 4.78 is 0. The molecular weight excluding hydrogens is 336 g/mol. The Labute approximate surface area is 166 Å². The van der Waals surface area contributed by atoms with Crippen LogP contribution >= 0.6 is 0 Å². The van der Waals surface area contributed by atoms with Crippen LogP contribution in [0.4, 0.5) is 0 Å². The summed E-state index contributed by atoms with van der Waals surface area (Å²) in [5.41, 5.74) is 12.0. The molecule has 0 nitrogen and oxygen atoms in total. The van der Waals surface area contributed by atoms with Crippen LogP contribution in [0.2, 0.25) is 0 Å². The van der Waals surface area contributed by atoms with Crippen molar-refractivity contribution >= 4 is 11.6 Å². The van der Waals surface area contributed by atoms with E-state index in [-0.39, 0.29) is 0 Å². The first-order valence-electron chi connectivity index (χ1n) is 9.84. The zero-order valence-corrected chi connectivity index (χ0v) is 16.0. The van der Waals surface area contributed by atoms with Gasteiger partial charge in [0.2, 0.25) is 0 Å². The highest BCUT2D eigenvalue weighted by Crippen LogP contribution is 2.43. The highest BCUT2D eigenvalue weighted by Gasteiger charge is 2.23. The van der Waals surface area contributed by atoms with Gasteiger partial charge in [-0.05, 0) is 63.9 Å². The molecule has 0 amide bonds. The summed E-state index contributed by atoms with van der Waals surface area (Å²) in [6.07, 6.45) is 3.34. The Morgan fingerprint density at radius 1 is 0.714 bits per heavy atom. The first kappa shape index (κ1) is 16.8. The standard InChI is InChI=1S/C28H22/c1-20-15-16-23-19-24-13-8-14-25(28(24)27(23)17-20)26(22-11-6-3-7-12-22)18-21-9-4-2-5-10-21/h2-18H,19H2,1H3/b26-18+. The Morgan fingerprint density at radius 3 is 2.25 bits per heavy atom. The van der Waals surface area contributed by atoms with Gasteiger partial charge in [0, 0.05) is 0 Å². The molecule has 4 aromatic rings. The molecule has 5 rings (SSSR count). The van der Waals surface area contributed by atoms with Gasteiger partial charge in [0.25, 0.3) is 0 Å². The Morgan fingerprint density at radius 2 is 1.46 bits per heavy atom. The van der Waals surface area contributed by atoms with E-state index in [0.29, 0.717) is 0 Å². The van der Waals surface area contributed by atoms with Crippen LogP contribution < -0.4 is 0 Å². The second-order valence-electron chi connectivity index (χ2n) is 7.51. The van der Waals surface area contributed by atoms with Gasteiger partial charge in [-0.25, -0.2) is 0 Å². The summed E-state index contributed by atoms with van der Waals surface area (Å²) in [4.78, 5) is 0. The molecule has 134 valence electrons. The quantitative estimate of drug-likeness (QED) is 0.300. The van der Waals surface area contributed by atoms with Crippen LogP contribution in [0.5, 0.6) is 0 Å². The summed E-state index contributed by atoms with van der Waals surface area (Å²) >= 11 is 0. The zero-order valence-electron chi connectivity index (χ0n) is 16.0. The number of benzene rings is 4. The lowest BCUT2D eigenvalue weighted by molar-refractivity contribution is 1.25. The SMILES string of the molecule is Cc1ccc2c(c1)-c1c(cccc1/C(=C/c1ccccc1)c1ccccc1)C2. The van der Waals surface area contributed by atoms with Gasteiger partial charge >= 0.3 is 0 Å². The van der Waals surface area contributed by atoms with Gasteiger partial charge in [-0.1, -0.05) is 103 Å². The van der Waals surface area contributed by atoms with Gasteiger partial charge in [-0.15, -0.1) is 0 Å². The number of aryl methyl sites for hydroxylation is 1. The third-order valence-corrected chi connectivity index (χ3v) is 5.55. The van der Waals surface area contributed by atoms with Crippen molar-refractivity contribution < 1.29 is 0 Å². The van der Waals surface area contributed by atoms with E-state index in [9.17, 15) is 0 Å². The summed E-state index contributed by atoms with van der Waals surface area (Å²) in [6, 6.07) is 35.0. The predicted octanol–water partition coefficient (Wildman–Crippen LogP) is 7.16. The molecule has 0 N–H and O–H groups in total. The van der Waals surface area contributed by atoms with Crippen molar-refractivity contribution in [3.63, 3.8) is 0 Å². The Balaban J connectivity index is 1.77. The van der Waals surface area contributed by atoms with Gasteiger partial charge in [-0.2, -0.15) is 0 Å². The molecule has 0 bridgehead atoms. The van der Waals surface area contributed by atoms with Crippen molar-refractivity contribution in [1.29, 1.82) is 0 Å². The van der Waals surface area contributed by atoms with Crippen LogP contribution in [0.1, 0.15) is 33.4 Å². The summed E-state index contributed by atoms with van der Waals surface area (Å²) in [6.45, 7) is 2.18. The average Bonchev–Trinajstić information content (AvgIpc) is 3.11. The average molecular weight is 358 g/mol. The molecule has 0 saturated carbocycles. The minimum Gasteiger partial charge on any atom is -0.0622 e. The lowest BCUT2D eigenvalue weighted by atomic mass is 9.89. The molecule has 0 saturated heterocycles. The number of hydrogen-bond donors (Lipinski definition) is 0. The van der Waals surface area contributed by atoms with Crippen molar-refractivity contribution in [1.82, 2.24) is 0 Å². The Bertz CT molecular complexity index is 1170. The van der Waals surface area contributed by atoms with Crippen molar-refractivity contribution in [2.75, 3.05) is 0 Å². The molecule has 0 aliphatic heterocycles. The number of hydrogen-bond acceptors (Lipinski definition) is 0. The molecule has 1 aliphatic rings. The van der Waals surface area contributed by atoms with E-state index in [0.717, 1.165) is 6.42 Å². The minimum absolute atomic E-state index is 1.02. The van der Waals surface area contributed by atoms with Crippen molar-refractivity contribution in [3.05, 3.63) is 130 Å². The van der Waals surface area contributed by atoms with Crippen LogP contribution in [0.15, 0.2) is 97.1 Å². The minimum atomic E-state index is 1.02. The van der Waals surface area contributed by atoms with Crippen molar-refractivity contribution in [2.45, 2.75) is 13.3 Å². The lowest BCUT2D eigenvalue weighted by Gasteiger charge is -2.15. The number of fused-ring (bicyclic) bond motifs is 3. The molecule has 0 heterocycles. The maximum atomic E-state index is 2.34. The molecule has 0 heteroatoms. The third-order valence-electron chi connectivity index (χ3n) is 5.55. The fraction of sp³-hybridized carbons (Fsp3) is 0.0714. The van der Waals surface area contributed by atoms with Gasteiger partial charge in [-0.3, -0.25) is 0 Å². The molecule has 28 heavy (non-hydrogen) atoms. The molecule has 4 aromatic carbocycles. The Kier molecular flexibility index (Phi) is 4.18. The van der Waals surface area contributed by atoms with E-state index in [4.69, 9.17) is 0 Å². The molecule has 0 atom stereocenters. The van der Waals surface area contributed by atoms with E-state index in [1.54, 1.807) is 0 Å². The monoisotopic (exact) mass is 358 g/mol. The largest absolute Gasteiger partial charge is 0.0622 e. The van der Waals surface area contributed by atoms with Crippen molar-refractivity contribution in [2.24, 2.45) is 0 Å². The Hall–Kier alpha value is -3.38. The van der Waals surface area contributed by atoms with Crippen LogP contribution in [-0.4, -0.2) is 0 Å². The van der Waals surface area contributed by atoms with Gasteiger partial charge in [0.05, 0.1) is 0 Å². The predicted molar refractivity (Wildman–Crippen MR) is 119 cm³/mol. The van der Waals surface area contributed by atoms with Crippen LogP contribution in [0, 0.1) is 6.92 Å². The normalized spacial score (nSPS) is 12.5. The topological polar surface area (TPSA) is 0 Å². The van der Waals surface area contributed by atoms with Crippen LogP contribution in [0.3, 0.4) is 0 Å². The van der Waals surface area contributed by atoms with E-state index >= 15 is 0 Å². The molecule has 0 spiro atoms. The lowest BCUT2D eigenvalue weighted by Crippen LogP contribution is -1.93. The molecule has 0 fully saturated rings. The summed E-state index contributed by atoms with van der Waals surface area (Å²) in [7, 11) is 0. The molecular formula is C28H22. The summed E-state index contributed by atoms with van der Waals surface area (Å²) in [5, 5.41) is 0. The smallest absolute Gasteiger partial charge is 0.00132 e. The fourth-order valence-electron chi connectivity index (χ4n) is 4.22. The van der Waals surface area contributed by atoms with Gasteiger partial charge < -0.3 is 0 Å². The number of rotatable bonds is 3. The van der Waals surface area contributed by atoms with Gasteiger partial charge in [0.15, 0.2) is 0 Å². The summed E-state index contributed by atoms with van der Waals surface area (Å²) in [5.74, 6) is 0. The highest BCUT2D eigenvalue weighted by atomic mass is 14.3. The first-order chi connectivity index (χ1) is 13.8. The molecule has 1 aliphatic carbocycles. The van der Waals surface area contributed by atoms with E-state index in [1.165, 1.54) is 50.1 Å². The molecule has 0 aromatic heterocycles. The highest BCUT2D eigenvalue weighted by molar-refractivity contribution is 5.99. The van der Waals surface area contributed by atoms with Crippen LogP contribution in [0.25, 0.3) is 22.8 Å². The molecule has 0 radical (unpaired) electrons. The van der Waals surface area contributed by atoms with Gasteiger partial charge in [0.1, 0.15) is 0 Å². The molecule has 0 unspecified atom stereocenters. The first-order valence-corrected chi connectivity index (χ1v) is 9.84. The van der Waals surface area contributed by atoms with E-state index in [1.807, 2.05) is 0 Å². The van der Waals surface area contributed by atoms with E-state index in [2.05, 4.69) is 110 Å². The zero-order chi connectivity index (χ0) is 18.9. The second kappa shape index (κ2) is 6.98.